The Hall–Kier alpha value is -2.22. The van der Waals surface area contributed by atoms with Crippen LogP contribution in [0.5, 0.6) is 0 Å². The van der Waals surface area contributed by atoms with Crippen LogP contribution in [-0.4, -0.2) is 33.0 Å². The van der Waals surface area contributed by atoms with Gasteiger partial charge in [0, 0.05) is 6.04 Å². The number of aromatic nitrogens is 2. The topological polar surface area (TPSA) is 112 Å². The van der Waals surface area contributed by atoms with Crippen LogP contribution in [0.2, 0.25) is 0 Å². The van der Waals surface area contributed by atoms with Gasteiger partial charge in [-0.05, 0) is 19.4 Å². The maximum atomic E-state index is 12.1. The van der Waals surface area contributed by atoms with Gasteiger partial charge in [-0.25, -0.2) is 4.98 Å². The van der Waals surface area contributed by atoms with Crippen molar-refractivity contribution < 1.29 is 14.7 Å². The van der Waals surface area contributed by atoms with Gasteiger partial charge < -0.3 is 15.4 Å². The van der Waals surface area contributed by atoms with Crippen molar-refractivity contribution in [3.05, 3.63) is 27.1 Å². The van der Waals surface area contributed by atoms with Crippen LogP contribution in [0.15, 0.2) is 11.1 Å². The van der Waals surface area contributed by atoms with Crippen LogP contribution < -0.4 is 10.9 Å². The number of hydrogen-bond acceptors (Lipinski definition) is 5. The number of carbonyl (C=O) groups is 2. The molecule has 0 aliphatic heterocycles. The molecule has 0 spiro atoms. The van der Waals surface area contributed by atoms with Crippen LogP contribution in [-0.2, 0) is 4.79 Å². The number of hydrogen-bond donors (Lipinski definition) is 3. The second kappa shape index (κ2) is 5.41. The molecule has 2 aromatic rings. The SMILES string of the molecule is Cc1c(C(=O)NC(C)CC(=O)O)sc2nc[nH]c(=O)c12. The summed E-state index contributed by atoms with van der Waals surface area (Å²) in [5, 5.41) is 11.7. The molecular weight excluding hydrogens is 282 g/mol. The lowest BCUT2D eigenvalue weighted by Crippen LogP contribution is -2.34. The van der Waals surface area contributed by atoms with Gasteiger partial charge in [-0.2, -0.15) is 0 Å². The van der Waals surface area contributed by atoms with Gasteiger partial charge in [-0.1, -0.05) is 0 Å². The smallest absolute Gasteiger partial charge is 0.305 e. The maximum absolute atomic E-state index is 12.1. The summed E-state index contributed by atoms with van der Waals surface area (Å²) in [5.41, 5.74) is 0.265. The van der Waals surface area contributed by atoms with E-state index in [2.05, 4.69) is 15.3 Å². The third kappa shape index (κ3) is 2.69. The molecule has 1 atom stereocenters. The lowest BCUT2D eigenvalue weighted by atomic mass is 10.2. The number of aromatic amines is 1. The van der Waals surface area contributed by atoms with Gasteiger partial charge in [0.1, 0.15) is 4.83 Å². The second-order valence-corrected chi connectivity index (χ2v) is 5.44. The quantitative estimate of drug-likeness (QED) is 0.775. The standard InChI is InChI=1S/C12H13N3O4S/c1-5(3-7(16)17)15-11(19)9-6(2)8-10(18)13-4-14-12(8)20-9/h4-5H,3H2,1-2H3,(H,15,19)(H,16,17)(H,13,14,18). The van der Waals surface area contributed by atoms with Gasteiger partial charge in [0.2, 0.25) is 0 Å². The van der Waals surface area contributed by atoms with Crippen molar-refractivity contribution >= 4 is 33.4 Å². The van der Waals surface area contributed by atoms with Gasteiger partial charge in [-0.3, -0.25) is 14.4 Å². The highest BCUT2D eigenvalue weighted by Gasteiger charge is 2.20. The molecule has 1 unspecified atom stereocenters. The summed E-state index contributed by atoms with van der Waals surface area (Å²) < 4.78 is 0. The zero-order valence-electron chi connectivity index (χ0n) is 10.9. The Kier molecular flexibility index (Phi) is 3.84. The van der Waals surface area contributed by atoms with Crippen molar-refractivity contribution in [2.45, 2.75) is 26.3 Å². The van der Waals surface area contributed by atoms with E-state index in [0.717, 1.165) is 11.3 Å². The van der Waals surface area contributed by atoms with E-state index in [1.54, 1.807) is 13.8 Å². The zero-order chi connectivity index (χ0) is 14.9. The molecule has 2 heterocycles. The van der Waals surface area contributed by atoms with Gasteiger partial charge in [0.25, 0.3) is 11.5 Å². The molecule has 8 heteroatoms. The lowest BCUT2D eigenvalue weighted by molar-refractivity contribution is -0.137. The van der Waals surface area contributed by atoms with E-state index in [1.165, 1.54) is 6.33 Å². The molecule has 0 aliphatic carbocycles. The van der Waals surface area contributed by atoms with Crippen molar-refractivity contribution in [1.29, 1.82) is 0 Å². The summed E-state index contributed by atoms with van der Waals surface area (Å²) in [7, 11) is 0. The Morgan fingerprint density at radius 3 is 2.85 bits per heavy atom. The number of aryl methyl sites for hydroxylation is 1. The predicted octanol–water partition coefficient (Wildman–Crippen LogP) is 0.886. The number of aliphatic carboxylic acids is 1. The molecule has 20 heavy (non-hydrogen) atoms. The molecular formula is C12H13N3O4S. The molecule has 106 valence electrons. The Balaban J connectivity index is 2.31. The van der Waals surface area contributed by atoms with Crippen LogP contribution in [0.4, 0.5) is 0 Å². The Labute approximate surface area is 117 Å². The fourth-order valence-electron chi connectivity index (χ4n) is 1.90. The van der Waals surface area contributed by atoms with Crippen LogP contribution in [0.3, 0.4) is 0 Å². The molecule has 0 bridgehead atoms. The Morgan fingerprint density at radius 2 is 2.25 bits per heavy atom. The Morgan fingerprint density at radius 1 is 1.55 bits per heavy atom. The third-order valence-corrected chi connectivity index (χ3v) is 4.00. The van der Waals surface area contributed by atoms with Crippen molar-refractivity contribution in [1.82, 2.24) is 15.3 Å². The number of carboxylic acid groups (broad SMARTS) is 1. The van der Waals surface area contributed by atoms with Crippen molar-refractivity contribution in [3.8, 4) is 0 Å². The van der Waals surface area contributed by atoms with E-state index in [4.69, 9.17) is 5.11 Å². The first-order valence-corrected chi connectivity index (χ1v) is 6.71. The normalized spacial score (nSPS) is 12.3. The third-order valence-electron chi connectivity index (χ3n) is 2.80. The predicted molar refractivity (Wildman–Crippen MR) is 74.2 cm³/mol. The van der Waals surface area contributed by atoms with E-state index in [-0.39, 0.29) is 12.0 Å². The highest BCUT2D eigenvalue weighted by Crippen LogP contribution is 2.26. The molecule has 2 aromatic heterocycles. The molecule has 0 aromatic carbocycles. The molecule has 0 saturated carbocycles. The number of rotatable bonds is 4. The average molecular weight is 295 g/mol. The molecule has 7 nitrogen and oxygen atoms in total. The monoisotopic (exact) mass is 295 g/mol. The van der Waals surface area contributed by atoms with Crippen LogP contribution in [0.1, 0.15) is 28.6 Å². The lowest BCUT2D eigenvalue weighted by Gasteiger charge is -2.10. The highest BCUT2D eigenvalue weighted by molar-refractivity contribution is 7.20. The number of fused-ring (bicyclic) bond motifs is 1. The number of carbonyl (C=O) groups excluding carboxylic acids is 1. The summed E-state index contributed by atoms with van der Waals surface area (Å²) in [5.74, 6) is -1.37. The number of amides is 1. The number of carboxylic acids is 1. The number of H-pyrrole nitrogens is 1. The minimum atomic E-state index is -0.982. The minimum Gasteiger partial charge on any atom is -0.481 e. The van der Waals surface area contributed by atoms with Gasteiger partial charge in [0.05, 0.1) is 23.0 Å². The fourth-order valence-corrected chi connectivity index (χ4v) is 2.95. The first-order chi connectivity index (χ1) is 9.40. The average Bonchev–Trinajstić information content (AvgIpc) is 2.67. The van der Waals surface area contributed by atoms with Crippen molar-refractivity contribution in [3.63, 3.8) is 0 Å². The van der Waals surface area contributed by atoms with E-state index < -0.39 is 17.9 Å². The molecule has 2 rings (SSSR count). The summed E-state index contributed by atoms with van der Waals surface area (Å²) in [6.07, 6.45) is 1.13. The van der Waals surface area contributed by atoms with Crippen LogP contribution in [0, 0.1) is 6.92 Å². The number of nitrogens with one attached hydrogen (secondary N) is 2. The summed E-state index contributed by atoms with van der Waals surface area (Å²) in [6.45, 7) is 3.28. The van der Waals surface area contributed by atoms with E-state index in [1.807, 2.05) is 0 Å². The number of thiophene rings is 1. The Bertz CT molecular complexity index is 734. The summed E-state index contributed by atoms with van der Waals surface area (Å²) in [6, 6.07) is -0.490. The highest BCUT2D eigenvalue weighted by atomic mass is 32.1. The number of nitrogens with zero attached hydrogens (tertiary/aromatic N) is 1. The molecule has 0 aliphatic rings. The largest absolute Gasteiger partial charge is 0.481 e. The van der Waals surface area contributed by atoms with Gasteiger partial charge in [-0.15, -0.1) is 11.3 Å². The second-order valence-electron chi connectivity index (χ2n) is 4.44. The summed E-state index contributed by atoms with van der Waals surface area (Å²) >= 11 is 1.12. The van der Waals surface area contributed by atoms with E-state index in [0.29, 0.717) is 20.7 Å². The van der Waals surface area contributed by atoms with Crippen LogP contribution >= 0.6 is 11.3 Å². The minimum absolute atomic E-state index is 0.158. The first-order valence-electron chi connectivity index (χ1n) is 5.89. The molecule has 1 amide bonds. The van der Waals surface area contributed by atoms with E-state index in [9.17, 15) is 14.4 Å². The summed E-state index contributed by atoms with van der Waals surface area (Å²) in [4.78, 5) is 41.7. The first kappa shape index (κ1) is 14.2. The van der Waals surface area contributed by atoms with E-state index >= 15 is 0 Å². The molecule has 0 radical (unpaired) electrons. The fraction of sp³-hybridized carbons (Fsp3) is 0.333. The van der Waals surface area contributed by atoms with Crippen LogP contribution in [0.25, 0.3) is 10.2 Å². The van der Waals surface area contributed by atoms with Gasteiger partial charge >= 0.3 is 5.97 Å². The molecule has 0 fully saturated rings. The van der Waals surface area contributed by atoms with Crippen molar-refractivity contribution in [2.24, 2.45) is 0 Å². The van der Waals surface area contributed by atoms with Gasteiger partial charge in [0.15, 0.2) is 0 Å². The molecule has 0 saturated heterocycles. The zero-order valence-corrected chi connectivity index (χ0v) is 11.7. The maximum Gasteiger partial charge on any atom is 0.305 e. The molecule has 3 N–H and O–H groups in total. The van der Waals surface area contributed by atoms with Crippen molar-refractivity contribution in [2.75, 3.05) is 0 Å².